The van der Waals surface area contributed by atoms with Gasteiger partial charge in [0.05, 0.1) is 12.7 Å². The number of hydrogen-bond donors (Lipinski definition) is 1. The molecular formula is C13H22O4S. The zero-order valence-electron chi connectivity index (χ0n) is 11.0. The fourth-order valence-electron chi connectivity index (χ4n) is 4.52. The number of aliphatic hydroxyl groups excluding tert-OH is 1. The molecule has 4 nitrogen and oxygen atoms in total. The Morgan fingerprint density at radius 3 is 2.44 bits per heavy atom. The summed E-state index contributed by atoms with van der Waals surface area (Å²) in [6.45, 7) is 4.76. The summed E-state index contributed by atoms with van der Waals surface area (Å²) in [5, 5.41) is 9.76. The molecule has 3 aliphatic rings. The Morgan fingerprint density at radius 2 is 1.94 bits per heavy atom. The van der Waals surface area contributed by atoms with Crippen molar-refractivity contribution in [3.63, 3.8) is 0 Å². The molecule has 2 bridgehead atoms. The molecule has 1 aliphatic heterocycles. The Hall–Kier alpha value is -0.130. The van der Waals surface area contributed by atoms with Crippen LogP contribution in [0.4, 0.5) is 0 Å². The molecule has 3 rings (SSSR count). The first-order valence-corrected chi connectivity index (χ1v) is 8.45. The molecule has 1 heterocycles. The predicted molar refractivity (Wildman–Crippen MR) is 67.3 cm³/mol. The fraction of sp³-hybridized carbons (Fsp3) is 1.00. The topological polar surface area (TPSA) is 63.6 Å². The molecule has 0 aromatic carbocycles. The maximum Gasteiger partial charge on any atom is 0.272 e. The molecular weight excluding hydrogens is 252 g/mol. The van der Waals surface area contributed by atoms with E-state index in [2.05, 4.69) is 13.8 Å². The highest BCUT2D eigenvalue weighted by molar-refractivity contribution is 7.87. The van der Waals surface area contributed by atoms with Crippen molar-refractivity contribution in [3.8, 4) is 0 Å². The highest BCUT2D eigenvalue weighted by Crippen LogP contribution is 2.56. The fourth-order valence-corrected chi connectivity index (χ4v) is 5.95. The van der Waals surface area contributed by atoms with Crippen molar-refractivity contribution in [2.24, 2.45) is 29.6 Å². The standard InChI is InChI=1S/C13H22O4S/c1-7-8(2)10-5-9(7)6-11(10)13(14)12-3-4-17-18(12,15)16/h7-14H,3-6H2,1-2H3. The minimum absolute atomic E-state index is 0.155. The Kier molecular flexibility index (Phi) is 2.99. The van der Waals surface area contributed by atoms with Crippen LogP contribution in [0.3, 0.4) is 0 Å². The maximum absolute atomic E-state index is 11.7. The monoisotopic (exact) mass is 274 g/mol. The second-order valence-corrected chi connectivity index (χ2v) is 8.24. The van der Waals surface area contributed by atoms with Crippen molar-refractivity contribution < 1.29 is 17.7 Å². The van der Waals surface area contributed by atoms with E-state index in [1.165, 1.54) is 0 Å². The number of rotatable bonds is 2. The SMILES string of the molecule is CC1C2CC(C1C)C(C(O)C1CCOS1(=O)=O)C2. The van der Waals surface area contributed by atoms with Crippen molar-refractivity contribution >= 4 is 10.1 Å². The van der Waals surface area contributed by atoms with Crippen molar-refractivity contribution in [3.05, 3.63) is 0 Å². The smallest absolute Gasteiger partial charge is 0.272 e. The van der Waals surface area contributed by atoms with Crippen molar-refractivity contribution in [2.45, 2.75) is 44.5 Å². The van der Waals surface area contributed by atoms with Gasteiger partial charge in [-0.3, -0.25) is 4.18 Å². The van der Waals surface area contributed by atoms with Crippen LogP contribution in [0.2, 0.25) is 0 Å². The predicted octanol–water partition coefficient (Wildman–Crippen LogP) is 1.39. The summed E-state index contributed by atoms with van der Waals surface area (Å²) in [5.74, 6) is 2.65. The van der Waals surface area contributed by atoms with Gasteiger partial charge in [0.2, 0.25) is 0 Å². The van der Waals surface area contributed by atoms with Gasteiger partial charge in [-0.2, -0.15) is 8.42 Å². The van der Waals surface area contributed by atoms with Crippen LogP contribution in [0.5, 0.6) is 0 Å². The minimum Gasteiger partial charge on any atom is -0.391 e. The molecule has 1 saturated heterocycles. The van der Waals surface area contributed by atoms with Gasteiger partial charge in [-0.25, -0.2) is 0 Å². The molecule has 1 N–H and O–H groups in total. The lowest BCUT2D eigenvalue weighted by atomic mass is 9.73. The van der Waals surface area contributed by atoms with Crippen molar-refractivity contribution in [1.82, 2.24) is 0 Å². The molecule has 0 radical (unpaired) electrons. The molecule has 0 aromatic heterocycles. The van der Waals surface area contributed by atoms with E-state index in [9.17, 15) is 13.5 Å². The first-order valence-electron chi connectivity index (χ1n) is 6.98. The van der Waals surface area contributed by atoms with Gasteiger partial charge < -0.3 is 5.11 Å². The van der Waals surface area contributed by atoms with Gasteiger partial charge >= 0.3 is 0 Å². The van der Waals surface area contributed by atoms with E-state index < -0.39 is 21.5 Å². The highest BCUT2D eigenvalue weighted by atomic mass is 32.2. The van der Waals surface area contributed by atoms with Gasteiger partial charge in [0.15, 0.2) is 0 Å². The van der Waals surface area contributed by atoms with Gasteiger partial charge in [0.1, 0.15) is 5.25 Å². The lowest BCUT2D eigenvalue weighted by Crippen LogP contribution is -2.41. The van der Waals surface area contributed by atoms with Gasteiger partial charge in [-0.15, -0.1) is 0 Å². The molecule has 5 heteroatoms. The summed E-state index contributed by atoms with van der Waals surface area (Å²) < 4.78 is 28.2. The van der Waals surface area contributed by atoms with Crippen LogP contribution in [0.1, 0.15) is 33.1 Å². The molecule has 2 saturated carbocycles. The van der Waals surface area contributed by atoms with E-state index in [4.69, 9.17) is 4.18 Å². The minimum atomic E-state index is -3.52. The summed E-state index contributed by atoms with van der Waals surface area (Å²) in [6.07, 6.45) is 1.87. The first kappa shape index (κ1) is 12.9. The molecule has 0 aromatic rings. The summed E-state index contributed by atoms with van der Waals surface area (Å²) in [6, 6.07) is 0. The molecule has 7 unspecified atom stereocenters. The Balaban J connectivity index is 1.77. The van der Waals surface area contributed by atoms with Crippen LogP contribution in [0, 0.1) is 29.6 Å². The summed E-state index contributed by atoms with van der Waals surface area (Å²) in [5.41, 5.74) is 0. The molecule has 7 atom stereocenters. The van der Waals surface area contributed by atoms with E-state index in [1.807, 2.05) is 0 Å². The lowest BCUT2D eigenvalue weighted by Gasteiger charge is -2.35. The van der Waals surface area contributed by atoms with Crippen LogP contribution < -0.4 is 0 Å². The van der Waals surface area contributed by atoms with Crippen LogP contribution in [-0.4, -0.2) is 31.5 Å². The molecule has 104 valence electrons. The average molecular weight is 274 g/mol. The molecule has 3 fully saturated rings. The van der Waals surface area contributed by atoms with Gasteiger partial charge in [-0.1, -0.05) is 13.8 Å². The van der Waals surface area contributed by atoms with E-state index >= 15 is 0 Å². The molecule has 0 amide bonds. The third kappa shape index (κ3) is 1.74. The van der Waals surface area contributed by atoms with Gasteiger partial charge in [0.25, 0.3) is 10.1 Å². The van der Waals surface area contributed by atoms with E-state index in [0.717, 1.165) is 18.8 Å². The Morgan fingerprint density at radius 1 is 1.22 bits per heavy atom. The van der Waals surface area contributed by atoms with Crippen LogP contribution >= 0.6 is 0 Å². The van der Waals surface area contributed by atoms with E-state index in [1.54, 1.807) is 0 Å². The highest BCUT2D eigenvalue weighted by Gasteiger charge is 2.54. The van der Waals surface area contributed by atoms with Crippen molar-refractivity contribution in [2.75, 3.05) is 6.61 Å². The molecule has 2 aliphatic carbocycles. The molecule has 0 spiro atoms. The number of aliphatic hydroxyl groups is 1. The largest absolute Gasteiger partial charge is 0.391 e. The van der Waals surface area contributed by atoms with Crippen LogP contribution in [0.15, 0.2) is 0 Å². The maximum atomic E-state index is 11.7. The van der Waals surface area contributed by atoms with Crippen molar-refractivity contribution in [1.29, 1.82) is 0 Å². The van der Waals surface area contributed by atoms with Gasteiger partial charge in [0, 0.05) is 0 Å². The second-order valence-electron chi connectivity index (χ2n) is 6.41. The Labute approximate surface area is 109 Å². The number of hydrogen-bond acceptors (Lipinski definition) is 4. The van der Waals surface area contributed by atoms with E-state index in [-0.39, 0.29) is 12.5 Å². The number of fused-ring (bicyclic) bond motifs is 2. The normalized spacial score (nSPS) is 51.7. The summed E-state index contributed by atoms with van der Waals surface area (Å²) in [4.78, 5) is 0. The third-order valence-electron chi connectivity index (χ3n) is 5.79. The second kappa shape index (κ2) is 4.18. The van der Waals surface area contributed by atoms with E-state index in [0.29, 0.717) is 24.2 Å². The Bertz CT molecular complexity index is 430. The van der Waals surface area contributed by atoms with Crippen LogP contribution in [-0.2, 0) is 14.3 Å². The molecule has 18 heavy (non-hydrogen) atoms. The zero-order valence-corrected chi connectivity index (χ0v) is 11.8. The quantitative estimate of drug-likeness (QED) is 0.773. The van der Waals surface area contributed by atoms with Crippen LogP contribution in [0.25, 0.3) is 0 Å². The summed E-state index contributed by atoms with van der Waals surface area (Å²) >= 11 is 0. The third-order valence-corrected chi connectivity index (χ3v) is 7.54. The average Bonchev–Trinajstić information content (AvgIpc) is 2.94. The lowest BCUT2D eigenvalue weighted by molar-refractivity contribution is 0.0422. The zero-order chi connectivity index (χ0) is 13.1. The first-order chi connectivity index (χ1) is 8.42. The summed E-state index contributed by atoms with van der Waals surface area (Å²) in [7, 11) is -3.52. The van der Waals surface area contributed by atoms with Gasteiger partial charge in [-0.05, 0) is 48.9 Å².